The second kappa shape index (κ2) is 9.29. The van der Waals surface area contributed by atoms with Crippen LogP contribution in [-0.2, 0) is 29.4 Å². The molecule has 1 aliphatic rings. The minimum absolute atomic E-state index is 0.00774. The van der Waals surface area contributed by atoms with E-state index >= 15 is 0 Å². The number of hydrogen-bond acceptors (Lipinski definition) is 7. The normalized spacial score (nSPS) is 17.5. The van der Waals surface area contributed by atoms with Crippen LogP contribution in [0.25, 0.3) is 0 Å². The first-order valence-electron chi connectivity index (χ1n) is 9.82. The molecule has 0 aromatic heterocycles. The molecule has 2 aromatic rings. The average Bonchev–Trinajstić information content (AvgIpc) is 3.04. The number of aryl methyl sites for hydroxylation is 2. The highest BCUT2D eigenvalue weighted by Crippen LogP contribution is 2.20. The van der Waals surface area contributed by atoms with Crippen LogP contribution < -0.4 is 10.0 Å². The highest BCUT2D eigenvalue weighted by molar-refractivity contribution is 7.92. The molecule has 1 unspecified atom stereocenters. The van der Waals surface area contributed by atoms with Gasteiger partial charge in [0, 0.05) is 11.7 Å². The van der Waals surface area contributed by atoms with Crippen LogP contribution in [0.3, 0.4) is 0 Å². The Morgan fingerprint density at radius 3 is 2.53 bits per heavy atom. The van der Waals surface area contributed by atoms with E-state index in [1.807, 2.05) is 13.0 Å². The van der Waals surface area contributed by atoms with Crippen molar-refractivity contribution in [3.8, 4) is 0 Å². The average molecular weight is 481 g/mol. The highest BCUT2D eigenvalue weighted by Gasteiger charge is 2.29. The summed E-state index contributed by atoms with van der Waals surface area (Å²) in [7, 11) is -7.11. The minimum atomic E-state index is -3.95. The quantitative estimate of drug-likeness (QED) is 0.574. The molecule has 2 aromatic carbocycles. The molecule has 1 heterocycles. The number of benzene rings is 2. The summed E-state index contributed by atoms with van der Waals surface area (Å²) in [4.78, 5) is 24.4. The number of rotatable bonds is 7. The van der Waals surface area contributed by atoms with Crippen molar-refractivity contribution in [2.45, 2.75) is 31.2 Å². The molecule has 0 aliphatic carbocycles. The Bertz CT molecular complexity index is 1250. The van der Waals surface area contributed by atoms with E-state index < -0.39 is 44.4 Å². The SMILES string of the molecule is Cc1cccc(NS(=O)(=O)c2ccc(C)c(C(=O)OCC(=O)NC3CCS(=O)(=O)C3)c2)c1. The molecule has 9 nitrogen and oxygen atoms in total. The molecule has 11 heteroatoms. The molecule has 1 fully saturated rings. The van der Waals surface area contributed by atoms with E-state index in [0.717, 1.165) is 5.56 Å². The Balaban J connectivity index is 1.66. The molecule has 32 heavy (non-hydrogen) atoms. The third-order valence-electron chi connectivity index (χ3n) is 4.94. The predicted molar refractivity (Wildman–Crippen MR) is 119 cm³/mol. The highest BCUT2D eigenvalue weighted by atomic mass is 32.2. The first kappa shape index (κ1) is 23.7. The van der Waals surface area contributed by atoms with Gasteiger partial charge in [-0.3, -0.25) is 9.52 Å². The Labute approximate surface area is 187 Å². The number of sulfonamides is 1. The molecule has 1 amide bonds. The van der Waals surface area contributed by atoms with Crippen molar-refractivity contribution in [2.75, 3.05) is 22.8 Å². The van der Waals surface area contributed by atoms with E-state index in [4.69, 9.17) is 4.74 Å². The van der Waals surface area contributed by atoms with Crippen LogP contribution in [0.4, 0.5) is 5.69 Å². The van der Waals surface area contributed by atoms with Crippen LogP contribution in [-0.4, -0.2) is 52.9 Å². The fourth-order valence-corrected chi connectivity index (χ4v) is 6.05. The third-order valence-corrected chi connectivity index (χ3v) is 8.09. The molecule has 1 saturated heterocycles. The second-order valence-electron chi connectivity index (χ2n) is 7.70. The first-order chi connectivity index (χ1) is 14.9. The molecule has 0 spiro atoms. The molecular weight excluding hydrogens is 456 g/mol. The third kappa shape index (κ3) is 6.07. The Kier molecular flexibility index (Phi) is 6.89. The van der Waals surface area contributed by atoms with Crippen LogP contribution in [0.5, 0.6) is 0 Å². The molecule has 0 bridgehead atoms. The van der Waals surface area contributed by atoms with Gasteiger partial charge < -0.3 is 10.1 Å². The van der Waals surface area contributed by atoms with Crippen molar-refractivity contribution in [3.63, 3.8) is 0 Å². The van der Waals surface area contributed by atoms with Gasteiger partial charge in [0.2, 0.25) is 0 Å². The molecule has 3 rings (SSSR count). The van der Waals surface area contributed by atoms with Gasteiger partial charge in [-0.15, -0.1) is 0 Å². The maximum Gasteiger partial charge on any atom is 0.338 e. The summed E-state index contributed by atoms with van der Waals surface area (Å²) in [6.45, 7) is 2.84. The zero-order valence-corrected chi connectivity index (χ0v) is 19.3. The van der Waals surface area contributed by atoms with E-state index in [9.17, 15) is 26.4 Å². The maximum absolute atomic E-state index is 12.7. The number of hydrogen-bond donors (Lipinski definition) is 2. The lowest BCUT2D eigenvalue weighted by Crippen LogP contribution is -2.38. The summed E-state index contributed by atoms with van der Waals surface area (Å²) >= 11 is 0. The summed E-state index contributed by atoms with van der Waals surface area (Å²) in [6.07, 6.45) is 0.314. The van der Waals surface area contributed by atoms with Crippen LogP contribution in [0, 0.1) is 13.8 Å². The van der Waals surface area contributed by atoms with Gasteiger partial charge in [0.1, 0.15) is 0 Å². The molecule has 0 saturated carbocycles. The van der Waals surface area contributed by atoms with E-state index in [-0.39, 0.29) is 22.0 Å². The van der Waals surface area contributed by atoms with Crippen LogP contribution in [0.15, 0.2) is 47.4 Å². The molecule has 0 radical (unpaired) electrons. The lowest BCUT2D eigenvalue weighted by atomic mass is 10.1. The van der Waals surface area contributed by atoms with Crippen LogP contribution >= 0.6 is 0 Å². The van der Waals surface area contributed by atoms with Crippen molar-refractivity contribution in [1.29, 1.82) is 0 Å². The summed E-state index contributed by atoms with van der Waals surface area (Å²) in [6, 6.07) is 10.4. The molecule has 1 atom stereocenters. The predicted octanol–water partition coefficient (Wildman–Crippen LogP) is 1.56. The van der Waals surface area contributed by atoms with Gasteiger partial charge in [0.25, 0.3) is 15.9 Å². The number of sulfone groups is 1. The monoisotopic (exact) mass is 480 g/mol. The van der Waals surface area contributed by atoms with Gasteiger partial charge in [0.15, 0.2) is 16.4 Å². The van der Waals surface area contributed by atoms with E-state index in [1.165, 1.54) is 18.2 Å². The molecule has 2 N–H and O–H groups in total. The van der Waals surface area contributed by atoms with E-state index in [0.29, 0.717) is 17.7 Å². The summed E-state index contributed by atoms with van der Waals surface area (Å²) in [5.41, 5.74) is 1.76. The van der Waals surface area contributed by atoms with Crippen LogP contribution in [0.1, 0.15) is 27.9 Å². The van der Waals surface area contributed by atoms with Crippen molar-refractivity contribution in [3.05, 3.63) is 59.2 Å². The molecule has 1 aliphatic heterocycles. The zero-order chi connectivity index (χ0) is 23.5. The zero-order valence-electron chi connectivity index (χ0n) is 17.6. The lowest BCUT2D eigenvalue weighted by Gasteiger charge is -2.13. The van der Waals surface area contributed by atoms with Gasteiger partial charge in [-0.1, -0.05) is 18.2 Å². The number of anilines is 1. The summed E-state index contributed by atoms with van der Waals surface area (Å²) < 4.78 is 55.9. The van der Waals surface area contributed by atoms with Crippen molar-refractivity contribution in [2.24, 2.45) is 0 Å². The van der Waals surface area contributed by atoms with Crippen molar-refractivity contribution >= 4 is 37.4 Å². The molecule has 172 valence electrons. The standard InChI is InChI=1S/C21H24N2O7S2/c1-14-4-3-5-16(10-14)23-32(28,29)18-7-6-15(2)19(11-18)21(25)30-12-20(24)22-17-8-9-31(26,27)13-17/h3-7,10-11,17,23H,8-9,12-13H2,1-2H3,(H,22,24). The Hall–Kier alpha value is -2.92. The van der Waals surface area contributed by atoms with Crippen molar-refractivity contribution in [1.82, 2.24) is 5.32 Å². The Morgan fingerprint density at radius 2 is 1.88 bits per heavy atom. The lowest BCUT2D eigenvalue weighted by molar-refractivity contribution is -0.124. The number of carbonyl (C=O) groups is 2. The van der Waals surface area contributed by atoms with E-state index in [2.05, 4.69) is 10.0 Å². The first-order valence-corrected chi connectivity index (χ1v) is 13.1. The van der Waals surface area contributed by atoms with Gasteiger partial charge in [-0.05, 0) is 55.7 Å². The number of amides is 1. The number of esters is 1. The van der Waals surface area contributed by atoms with Crippen LogP contribution in [0.2, 0.25) is 0 Å². The minimum Gasteiger partial charge on any atom is -0.452 e. The number of carbonyl (C=O) groups excluding carboxylic acids is 2. The van der Waals surface area contributed by atoms with Gasteiger partial charge >= 0.3 is 5.97 Å². The number of nitrogens with one attached hydrogen (secondary N) is 2. The van der Waals surface area contributed by atoms with Gasteiger partial charge in [-0.2, -0.15) is 0 Å². The second-order valence-corrected chi connectivity index (χ2v) is 11.6. The fraction of sp³-hybridized carbons (Fsp3) is 0.333. The molecular formula is C21H24N2O7S2. The van der Waals surface area contributed by atoms with E-state index in [1.54, 1.807) is 25.1 Å². The Morgan fingerprint density at radius 1 is 1.12 bits per heavy atom. The van der Waals surface area contributed by atoms with Gasteiger partial charge in [-0.25, -0.2) is 21.6 Å². The summed E-state index contributed by atoms with van der Waals surface area (Å²) in [5, 5.41) is 2.52. The van der Waals surface area contributed by atoms with Gasteiger partial charge in [0.05, 0.1) is 22.0 Å². The summed E-state index contributed by atoms with van der Waals surface area (Å²) in [5.74, 6) is -1.61. The smallest absolute Gasteiger partial charge is 0.338 e. The largest absolute Gasteiger partial charge is 0.452 e. The topological polar surface area (TPSA) is 136 Å². The number of ether oxygens (including phenoxy) is 1. The maximum atomic E-state index is 12.7. The van der Waals surface area contributed by atoms with Crippen molar-refractivity contribution < 1.29 is 31.2 Å². The fourth-order valence-electron chi connectivity index (χ4n) is 3.30.